The lowest BCUT2D eigenvalue weighted by molar-refractivity contribution is 0.0147. The monoisotopic (exact) mass is 230 g/mol. The molecule has 0 radical (unpaired) electrons. The molecule has 0 aromatic heterocycles. The average molecular weight is 230 g/mol. The molecule has 0 aromatic carbocycles. The number of aliphatic hydroxyl groups is 1. The summed E-state index contributed by atoms with van der Waals surface area (Å²) < 4.78 is 5.20. The van der Waals surface area contributed by atoms with E-state index in [0.29, 0.717) is 31.8 Å². The van der Waals surface area contributed by atoms with Crippen LogP contribution in [0.4, 0.5) is 0 Å². The van der Waals surface area contributed by atoms with Crippen molar-refractivity contribution in [1.82, 2.24) is 4.90 Å². The minimum absolute atomic E-state index is 0.374. The van der Waals surface area contributed by atoms with Crippen molar-refractivity contribution < 1.29 is 9.84 Å². The van der Waals surface area contributed by atoms with Crippen LogP contribution < -0.4 is 5.73 Å². The molecule has 0 amide bonds. The van der Waals surface area contributed by atoms with E-state index >= 15 is 0 Å². The molecule has 1 rings (SSSR count). The Morgan fingerprint density at radius 1 is 1.38 bits per heavy atom. The predicted octanol–water partition coefficient (Wildman–Crippen LogP) is 0.586. The van der Waals surface area contributed by atoms with Crippen molar-refractivity contribution >= 4 is 0 Å². The SMILES string of the molecule is CCOCC(O)CN(C)C1CCC(N)CC1. The van der Waals surface area contributed by atoms with Crippen LogP contribution in [0.2, 0.25) is 0 Å². The molecule has 96 valence electrons. The van der Waals surface area contributed by atoms with Gasteiger partial charge in [-0.2, -0.15) is 0 Å². The van der Waals surface area contributed by atoms with Crippen molar-refractivity contribution in [2.45, 2.75) is 50.8 Å². The number of nitrogens with zero attached hydrogens (tertiary/aromatic N) is 1. The van der Waals surface area contributed by atoms with Crippen LogP contribution in [-0.4, -0.2) is 55.0 Å². The zero-order valence-electron chi connectivity index (χ0n) is 10.6. The summed E-state index contributed by atoms with van der Waals surface area (Å²) in [4.78, 5) is 2.25. The summed E-state index contributed by atoms with van der Waals surface area (Å²) in [5, 5.41) is 9.74. The van der Waals surface area contributed by atoms with Gasteiger partial charge in [0.2, 0.25) is 0 Å². The maximum absolute atomic E-state index is 9.74. The second-order valence-corrected chi connectivity index (χ2v) is 4.82. The van der Waals surface area contributed by atoms with Gasteiger partial charge in [-0.25, -0.2) is 0 Å². The molecule has 3 N–H and O–H groups in total. The Balaban J connectivity index is 2.20. The van der Waals surface area contributed by atoms with E-state index in [2.05, 4.69) is 11.9 Å². The van der Waals surface area contributed by atoms with E-state index in [0.717, 1.165) is 25.7 Å². The predicted molar refractivity (Wildman–Crippen MR) is 65.4 cm³/mol. The van der Waals surface area contributed by atoms with Crippen molar-refractivity contribution in [2.75, 3.05) is 26.8 Å². The first-order valence-corrected chi connectivity index (χ1v) is 6.35. The smallest absolute Gasteiger partial charge is 0.0900 e. The van der Waals surface area contributed by atoms with Crippen molar-refractivity contribution in [3.8, 4) is 0 Å². The van der Waals surface area contributed by atoms with Gasteiger partial charge in [-0.1, -0.05) is 0 Å². The molecule has 1 unspecified atom stereocenters. The molecule has 0 saturated heterocycles. The Bertz CT molecular complexity index is 182. The van der Waals surface area contributed by atoms with Gasteiger partial charge in [-0.3, -0.25) is 0 Å². The van der Waals surface area contributed by atoms with Gasteiger partial charge in [-0.05, 0) is 39.7 Å². The summed E-state index contributed by atoms with van der Waals surface area (Å²) in [5.74, 6) is 0. The quantitative estimate of drug-likeness (QED) is 0.701. The Kier molecular flexibility index (Phi) is 6.28. The highest BCUT2D eigenvalue weighted by molar-refractivity contribution is 4.80. The first kappa shape index (κ1) is 13.9. The first-order chi connectivity index (χ1) is 7.63. The maximum Gasteiger partial charge on any atom is 0.0900 e. The molecule has 1 aliphatic carbocycles. The Hall–Kier alpha value is -0.160. The van der Waals surface area contributed by atoms with E-state index in [9.17, 15) is 5.11 Å². The third-order valence-corrected chi connectivity index (χ3v) is 3.38. The summed E-state index contributed by atoms with van der Waals surface area (Å²) in [7, 11) is 2.08. The molecule has 4 nitrogen and oxygen atoms in total. The largest absolute Gasteiger partial charge is 0.389 e. The van der Waals surface area contributed by atoms with E-state index in [1.165, 1.54) is 0 Å². The van der Waals surface area contributed by atoms with Crippen LogP contribution in [0.5, 0.6) is 0 Å². The van der Waals surface area contributed by atoms with Crippen LogP contribution in [-0.2, 0) is 4.74 Å². The lowest BCUT2D eigenvalue weighted by Gasteiger charge is -2.34. The molecule has 4 heteroatoms. The highest BCUT2D eigenvalue weighted by Crippen LogP contribution is 2.21. The summed E-state index contributed by atoms with van der Waals surface area (Å²) in [5.41, 5.74) is 5.88. The lowest BCUT2D eigenvalue weighted by Crippen LogP contribution is -2.42. The number of nitrogens with two attached hydrogens (primary N) is 1. The normalized spacial score (nSPS) is 28.3. The number of hydrogen-bond donors (Lipinski definition) is 2. The van der Waals surface area contributed by atoms with Gasteiger partial charge < -0.3 is 20.5 Å². The highest BCUT2D eigenvalue weighted by Gasteiger charge is 2.23. The molecule has 0 aliphatic heterocycles. The minimum Gasteiger partial charge on any atom is -0.389 e. The van der Waals surface area contributed by atoms with E-state index in [4.69, 9.17) is 10.5 Å². The standard InChI is InChI=1S/C12H26N2O2/c1-3-16-9-12(15)8-14(2)11-6-4-10(13)5-7-11/h10-12,15H,3-9,13H2,1-2H3. The minimum atomic E-state index is -0.374. The molecule has 0 aromatic rings. The molecule has 0 spiro atoms. The Morgan fingerprint density at radius 2 is 2.00 bits per heavy atom. The molecular weight excluding hydrogens is 204 g/mol. The summed E-state index contributed by atoms with van der Waals surface area (Å²) in [6.45, 7) is 3.74. The second-order valence-electron chi connectivity index (χ2n) is 4.82. The lowest BCUT2D eigenvalue weighted by atomic mass is 9.91. The van der Waals surface area contributed by atoms with Crippen molar-refractivity contribution in [1.29, 1.82) is 0 Å². The number of ether oxygens (including phenoxy) is 1. The third-order valence-electron chi connectivity index (χ3n) is 3.38. The van der Waals surface area contributed by atoms with Crippen molar-refractivity contribution in [3.63, 3.8) is 0 Å². The molecule has 1 fully saturated rings. The molecule has 1 aliphatic rings. The molecular formula is C12H26N2O2. The van der Waals surface area contributed by atoms with Gasteiger partial charge in [0, 0.05) is 25.2 Å². The summed E-state index contributed by atoms with van der Waals surface area (Å²) in [6.07, 6.45) is 4.14. The van der Waals surface area contributed by atoms with Crippen LogP contribution in [0.15, 0.2) is 0 Å². The van der Waals surface area contributed by atoms with E-state index in [-0.39, 0.29) is 6.10 Å². The van der Waals surface area contributed by atoms with E-state index in [1.807, 2.05) is 6.92 Å². The fourth-order valence-corrected chi connectivity index (χ4v) is 2.33. The number of aliphatic hydroxyl groups excluding tert-OH is 1. The van der Waals surface area contributed by atoms with Crippen LogP contribution in [0.1, 0.15) is 32.6 Å². The van der Waals surface area contributed by atoms with Crippen LogP contribution >= 0.6 is 0 Å². The van der Waals surface area contributed by atoms with E-state index < -0.39 is 0 Å². The molecule has 16 heavy (non-hydrogen) atoms. The molecule has 1 saturated carbocycles. The van der Waals surface area contributed by atoms with Gasteiger partial charge in [0.15, 0.2) is 0 Å². The number of rotatable bonds is 6. The van der Waals surface area contributed by atoms with Crippen LogP contribution in [0, 0.1) is 0 Å². The Labute approximate surface area is 98.8 Å². The Morgan fingerprint density at radius 3 is 2.56 bits per heavy atom. The van der Waals surface area contributed by atoms with Gasteiger partial charge >= 0.3 is 0 Å². The van der Waals surface area contributed by atoms with E-state index in [1.54, 1.807) is 0 Å². The number of likely N-dealkylation sites (N-methyl/N-ethyl adjacent to an activating group) is 1. The maximum atomic E-state index is 9.74. The molecule has 1 atom stereocenters. The zero-order chi connectivity index (χ0) is 12.0. The first-order valence-electron chi connectivity index (χ1n) is 6.35. The van der Waals surface area contributed by atoms with Gasteiger partial charge in [-0.15, -0.1) is 0 Å². The topological polar surface area (TPSA) is 58.7 Å². The fourth-order valence-electron chi connectivity index (χ4n) is 2.33. The molecule has 0 heterocycles. The van der Waals surface area contributed by atoms with Gasteiger partial charge in [0.25, 0.3) is 0 Å². The highest BCUT2D eigenvalue weighted by atomic mass is 16.5. The summed E-state index contributed by atoms with van der Waals surface area (Å²) in [6, 6.07) is 0.967. The second kappa shape index (κ2) is 7.22. The molecule has 0 bridgehead atoms. The zero-order valence-corrected chi connectivity index (χ0v) is 10.6. The van der Waals surface area contributed by atoms with Gasteiger partial charge in [0.05, 0.1) is 12.7 Å². The summed E-state index contributed by atoms with van der Waals surface area (Å²) >= 11 is 0. The van der Waals surface area contributed by atoms with Crippen LogP contribution in [0.25, 0.3) is 0 Å². The van der Waals surface area contributed by atoms with Crippen molar-refractivity contribution in [3.05, 3.63) is 0 Å². The van der Waals surface area contributed by atoms with Gasteiger partial charge in [0.1, 0.15) is 0 Å². The van der Waals surface area contributed by atoms with Crippen LogP contribution in [0.3, 0.4) is 0 Å². The average Bonchev–Trinajstić information content (AvgIpc) is 2.27. The fraction of sp³-hybridized carbons (Fsp3) is 1.00. The number of hydrogen-bond acceptors (Lipinski definition) is 4. The van der Waals surface area contributed by atoms with Crippen molar-refractivity contribution in [2.24, 2.45) is 5.73 Å². The third kappa shape index (κ3) is 4.78.